The standard InChI is InChI=1S/C13H17ClN4O2/c14-11-8-15-9-12(16-11)18-3-1-2-10(18)13(19)17-4-6-20-7-5-17/h8-10H,1-7H2/t10-/m0/s1. The Morgan fingerprint density at radius 1 is 1.30 bits per heavy atom. The van der Waals surface area contributed by atoms with Gasteiger partial charge in [0.05, 0.1) is 25.6 Å². The molecule has 0 aliphatic carbocycles. The molecule has 1 aromatic rings. The molecule has 0 N–H and O–H groups in total. The Balaban J connectivity index is 1.76. The van der Waals surface area contributed by atoms with Crippen molar-refractivity contribution in [2.24, 2.45) is 0 Å². The molecule has 0 saturated carbocycles. The normalized spacial score (nSPS) is 23.1. The highest BCUT2D eigenvalue weighted by molar-refractivity contribution is 6.29. The van der Waals surface area contributed by atoms with Crippen LogP contribution in [0.15, 0.2) is 12.4 Å². The van der Waals surface area contributed by atoms with Gasteiger partial charge in [-0.1, -0.05) is 11.6 Å². The summed E-state index contributed by atoms with van der Waals surface area (Å²) >= 11 is 5.89. The van der Waals surface area contributed by atoms with E-state index in [1.54, 1.807) is 6.20 Å². The Bertz CT molecular complexity index is 493. The average Bonchev–Trinajstić information content (AvgIpc) is 2.97. The maximum Gasteiger partial charge on any atom is 0.245 e. The number of anilines is 1. The first-order valence-electron chi connectivity index (χ1n) is 6.86. The lowest BCUT2D eigenvalue weighted by Gasteiger charge is -2.32. The van der Waals surface area contributed by atoms with Crippen molar-refractivity contribution in [3.63, 3.8) is 0 Å². The molecule has 0 radical (unpaired) electrons. The first-order valence-corrected chi connectivity index (χ1v) is 7.24. The van der Waals surface area contributed by atoms with Gasteiger partial charge < -0.3 is 14.5 Å². The van der Waals surface area contributed by atoms with Crippen LogP contribution in [0.3, 0.4) is 0 Å². The predicted molar refractivity (Wildman–Crippen MR) is 74.8 cm³/mol. The van der Waals surface area contributed by atoms with Crippen LogP contribution in [-0.4, -0.2) is 59.7 Å². The number of ether oxygens (including phenoxy) is 1. The molecule has 2 saturated heterocycles. The lowest BCUT2D eigenvalue weighted by molar-refractivity contribution is -0.136. The van der Waals surface area contributed by atoms with Crippen LogP contribution in [-0.2, 0) is 9.53 Å². The quantitative estimate of drug-likeness (QED) is 0.813. The van der Waals surface area contributed by atoms with Crippen molar-refractivity contribution in [3.05, 3.63) is 17.5 Å². The van der Waals surface area contributed by atoms with E-state index in [1.165, 1.54) is 6.20 Å². The van der Waals surface area contributed by atoms with E-state index in [1.807, 2.05) is 9.80 Å². The topological polar surface area (TPSA) is 58.6 Å². The van der Waals surface area contributed by atoms with Crippen LogP contribution in [0.25, 0.3) is 0 Å². The Kier molecular flexibility index (Phi) is 4.03. The van der Waals surface area contributed by atoms with Crippen molar-refractivity contribution in [2.75, 3.05) is 37.7 Å². The molecular formula is C13H17ClN4O2. The summed E-state index contributed by atoms with van der Waals surface area (Å²) < 4.78 is 5.29. The first-order chi connectivity index (χ1) is 9.75. The third kappa shape index (κ3) is 2.71. The van der Waals surface area contributed by atoms with E-state index in [2.05, 4.69) is 9.97 Å². The second-order valence-corrected chi connectivity index (χ2v) is 5.38. The molecule has 6 nitrogen and oxygen atoms in total. The third-order valence-corrected chi connectivity index (χ3v) is 3.93. The molecule has 0 unspecified atom stereocenters. The van der Waals surface area contributed by atoms with Crippen LogP contribution in [0.4, 0.5) is 5.82 Å². The molecule has 1 aromatic heterocycles. The van der Waals surface area contributed by atoms with Gasteiger partial charge in [0.1, 0.15) is 17.0 Å². The van der Waals surface area contributed by atoms with Crippen molar-refractivity contribution < 1.29 is 9.53 Å². The summed E-state index contributed by atoms with van der Waals surface area (Å²) in [7, 11) is 0. The van der Waals surface area contributed by atoms with Crippen molar-refractivity contribution >= 4 is 23.3 Å². The Morgan fingerprint density at radius 2 is 2.10 bits per heavy atom. The lowest BCUT2D eigenvalue weighted by Crippen LogP contribution is -2.50. The zero-order valence-electron chi connectivity index (χ0n) is 11.2. The van der Waals surface area contributed by atoms with Gasteiger partial charge >= 0.3 is 0 Å². The molecule has 2 aliphatic heterocycles. The largest absolute Gasteiger partial charge is 0.378 e. The molecule has 0 bridgehead atoms. The van der Waals surface area contributed by atoms with Crippen LogP contribution in [0, 0.1) is 0 Å². The number of hydrogen-bond donors (Lipinski definition) is 0. The van der Waals surface area contributed by atoms with Crippen molar-refractivity contribution in [1.82, 2.24) is 14.9 Å². The van der Waals surface area contributed by atoms with Gasteiger partial charge in [-0.05, 0) is 12.8 Å². The number of halogens is 1. The van der Waals surface area contributed by atoms with Gasteiger partial charge in [0.15, 0.2) is 0 Å². The van der Waals surface area contributed by atoms with E-state index in [0.29, 0.717) is 37.3 Å². The Labute approximate surface area is 122 Å². The molecule has 1 atom stereocenters. The molecule has 108 valence electrons. The summed E-state index contributed by atoms with van der Waals surface area (Å²) in [5, 5.41) is 0.354. The predicted octanol–water partition coefficient (Wildman–Crippen LogP) is 0.958. The molecule has 7 heteroatoms. The number of hydrogen-bond acceptors (Lipinski definition) is 5. The second kappa shape index (κ2) is 5.93. The Hall–Kier alpha value is -1.40. The minimum atomic E-state index is -0.152. The third-order valence-electron chi connectivity index (χ3n) is 3.75. The number of morpholine rings is 1. The van der Waals surface area contributed by atoms with Crippen molar-refractivity contribution in [1.29, 1.82) is 0 Å². The number of nitrogens with zero attached hydrogens (tertiary/aromatic N) is 4. The van der Waals surface area contributed by atoms with E-state index in [4.69, 9.17) is 16.3 Å². The number of carbonyl (C=O) groups is 1. The first kappa shape index (κ1) is 13.6. The van der Waals surface area contributed by atoms with Crippen LogP contribution < -0.4 is 4.90 Å². The zero-order chi connectivity index (χ0) is 13.9. The molecule has 3 rings (SSSR count). The summed E-state index contributed by atoms with van der Waals surface area (Å²) in [5.74, 6) is 0.842. The monoisotopic (exact) mass is 296 g/mol. The summed E-state index contributed by atoms with van der Waals surface area (Å²) in [4.78, 5) is 24.8. The summed E-state index contributed by atoms with van der Waals surface area (Å²) in [6.07, 6.45) is 5.00. The van der Waals surface area contributed by atoms with E-state index in [9.17, 15) is 4.79 Å². The highest BCUT2D eigenvalue weighted by atomic mass is 35.5. The number of amides is 1. The van der Waals surface area contributed by atoms with E-state index < -0.39 is 0 Å². The minimum Gasteiger partial charge on any atom is -0.378 e. The smallest absolute Gasteiger partial charge is 0.245 e. The molecule has 3 heterocycles. The van der Waals surface area contributed by atoms with E-state index >= 15 is 0 Å². The molecule has 2 aliphatic rings. The van der Waals surface area contributed by atoms with Gasteiger partial charge in [-0.15, -0.1) is 0 Å². The summed E-state index contributed by atoms with van der Waals surface area (Å²) in [5.41, 5.74) is 0. The fourth-order valence-electron chi connectivity index (χ4n) is 2.76. The van der Waals surface area contributed by atoms with Crippen LogP contribution in [0.5, 0.6) is 0 Å². The van der Waals surface area contributed by atoms with E-state index in [-0.39, 0.29) is 11.9 Å². The van der Waals surface area contributed by atoms with Crippen LogP contribution in [0.2, 0.25) is 5.15 Å². The van der Waals surface area contributed by atoms with Crippen molar-refractivity contribution in [2.45, 2.75) is 18.9 Å². The zero-order valence-corrected chi connectivity index (χ0v) is 11.9. The van der Waals surface area contributed by atoms with Gasteiger partial charge in [-0.25, -0.2) is 4.98 Å². The maximum absolute atomic E-state index is 12.6. The maximum atomic E-state index is 12.6. The molecule has 20 heavy (non-hydrogen) atoms. The highest BCUT2D eigenvalue weighted by Crippen LogP contribution is 2.25. The molecular weight excluding hydrogens is 280 g/mol. The van der Waals surface area contributed by atoms with Crippen LogP contribution in [0.1, 0.15) is 12.8 Å². The number of rotatable bonds is 2. The fourth-order valence-corrected chi connectivity index (χ4v) is 2.91. The van der Waals surface area contributed by atoms with Crippen LogP contribution >= 0.6 is 11.6 Å². The average molecular weight is 297 g/mol. The molecule has 2 fully saturated rings. The Morgan fingerprint density at radius 3 is 2.85 bits per heavy atom. The number of carbonyl (C=O) groups excluding carboxylic acids is 1. The van der Waals surface area contributed by atoms with Crippen molar-refractivity contribution in [3.8, 4) is 0 Å². The molecule has 0 aromatic carbocycles. The van der Waals surface area contributed by atoms with E-state index in [0.717, 1.165) is 19.4 Å². The minimum absolute atomic E-state index is 0.152. The fraction of sp³-hybridized carbons (Fsp3) is 0.615. The number of aromatic nitrogens is 2. The molecule has 1 amide bonds. The SMILES string of the molecule is O=C([C@@H]1CCCN1c1cncc(Cl)n1)N1CCOCC1. The second-order valence-electron chi connectivity index (χ2n) is 4.99. The van der Waals surface area contributed by atoms with Gasteiger partial charge in [0, 0.05) is 19.6 Å². The summed E-state index contributed by atoms with van der Waals surface area (Å²) in [6, 6.07) is -0.152. The van der Waals surface area contributed by atoms with Gasteiger partial charge in [0.25, 0.3) is 0 Å². The van der Waals surface area contributed by atoms with Gasteiger partial charge in [-0.2, -0.15) is 0 Å². The van der Waals surface area contributed by atoms with Gasteiger partial charge in [-0.3, -0.25) is 9.78 Å². The highest BCUT2D eigenvalue weighted by Gasteiger charge is 2.35. The molecule has 0 spiro atoms. The lowest BCUT2D eigenvalue weighted by atomic mass is 10.2. The summed E-state index contributed by atoms with van der Waals surface area (Å²) in [6.45, 7) is 3.40. The van der Waals surface area contributed by atoms with Gasteiger partial charge in [0.2, 0.25) is 5.91 Å².